The van der Waals surface area contributed by atoms with Gasteiger partial charge in [-0.3, -0.25) is 4.98 Å². The third kappa shape index (κ3) is 2.49. The standard InChI is InChI=1S/C14H14N4O/c1-9-2-3-10(7-16-9)8-17-14-18-12-5-4-11(15)6-13(12)19-14/h2-7H,8,15H2,1H3,(H,17,18). The van der Waals surface area contributed by atoms with Gasteiger partial charge in [0.15, 0.2) is 5.58 Å². The van der Waals surface area contributed by atoms with Crippen molar-refractivity contribution in [1.29, 1.82) is 0 Å². The van der Waals surface area contributed by atoms with Crippen LogP contribution in [-0.4, -0.2) is 9.97 Å². The number of nitrogens with two attached hydrogens (primary N) is 1. The summed E-state index contributed by atoms with van der Waals surface area (Å²) in [6.07, 6.45) is 1.84. The minimum absolute atomic E-state index is 0.487. The van der Waals surface area contributed by atoms with Gasteiger partial charge in [0.25, 0.3) is 6.01 Å². The Morgan fingerprint density at radius 2 is 2.16 bits per heavy atom. The molecule has 0 atom stereocenters. The zero-order chi connectivity index (χ0) is 13.2. The minimum Gasteiger partial charge on any atom is -0.423 e. The van der Waals surface area contributed by atoms with Gasteiger partial charge in [-0.15, -0.1) is 0 Å². The molecule has 0 fully saturated rings. The highest BCUT2D eigenvalue weighted by Gasteiger charge is 2.05. The van der Waals surface area contributed by atoms with E-state index in [1.54, 1.807) is 12.1 Å². The summed E-state index contributed by atoms with van der Waals surface area (Å²) in [7, 11) is 0. The quantitative estimate of drug-likeness (QED) is 0.703. The molecule has 0 saturated heterocycles. The molecule has 19 heavy (non-hydrogen) atoms. The van der Waals surface area contributed by atoms with Crippen LogP contribution in [0.4, 0.5) is 11.7 Å². The number of oxazole rings is 1. The molecule has 0 amide bonds. The van der Waals surface area contributed by atoms with Crippen molar-refractivity contribution < 1.29 is 4.42 Å². The van der Waals surface area contributed by atoms with E-state index in [2.05, 4.69) is 15.3 Å². The molecule has 5 nitrogen and oxygen atoms in total. The smallest absolute Gasteiger partial charge is 0.295 e. The second-order valence-corrected chi connectivity index (χ2v) is 4.41. The van der Waals surface area contributed by atoms with E-state index in [1.807, 2.05) is 31.3 Å². The molecule has 0 aliphatic heterocycles. The predicted molar refractivity (Wildman–Crippen MR) is 74.7 cm³/mol. The Kier molecular flexibility index (Phi) is 2.79. The van der Waals surface area contributed by atoms with Gasteiger partial charge in [-0.1, -0.05) is 6.07 Å². The SMILES string of the molecule is Cc1ccc(CNc2nc3ccc(N)cc3o2)cn1. The van der Waals surface area contributed by atoms with E-state index < -0.39 is 0 Å². The Morgan fingerprint density at radius 1 is 1.26 bits per heavy atom. The van der Waals surface area contributed by atoms with Crippen molar-refractivity contribution >= 4 is 22.8 Å². The fourth-order valence-electron chi connectivity index (χ4n) is 1.80. The van der Waals surface area contributed by atoms with Crippen LogP contribution in [0.2, 0.25) is 0 Å². The number of pyridine rings is 1. The van der Waals surface area contributed by atoms with Crippen LogP contribution >= 0.6 is 0 Å². The Morgan fingerprint density at radius 3 is 2.95 bits per heavy atom. The first-order valence-electron chi connectivity index (χ1n) is 6.02. The van der Waals surface area contributed by atoms with Gasteiger partial charge in [-0.05, 0) is 30.7 Å². The fourth-order valence-corrected chi connectivity index (χ4v) is 1.80. The van der Waals surface area contributed by atoms with Crippen LogP contribution in [0.5, 0.6) is 0 Å². The van der Waals surface area contributed by atoms with Crippen LogP contribution in [0, 0.1) is 6.92 Å². The minimum atomic E-state index is 0.487. The summed E-state index contributed by atoms with van der Waals surface area (Å²) in [4.78, 5) is 8.57. The zero-order valence-corrected chi connectivity index (χ0v) is 10.6. The molecule has 5 heteroatoms. The van der Waals surface area contributed by atoms with Crippen molar-refractivity contribution in [3.63, 3.8) is 0 Å². The van der Waals surface area contributed by atoms with Gasteiger partial charge in [0.05, 0.1) is 0 Å². The van der Waals surface area contributed by atoms with Crippen molar-refractivity contribution in [2.45, 2.75) is 13.5 Å². The number of nitrogen functional groups attached to an aromatic ring is 1. The Balaban J connectivity index is 1.76. The van der Waals surface area contributed by atoms with Gasteiger partial charge in [0, 0.05) is 30.2 Å². The van der Waals surface area contributed by atoms with Gasteiger partial charge in [-0.2, -0.15) is 4.98 Å². The van der Waals surface area contributed by atoms with E-state index in [-0.39, 0.29) is 0 Å². The van der Waals surface area contributed by atoms with Crippen LogP contribution in [0.15, 0.2) is 40.9 Å². The molecular weight excluding hydrogens is 240 g/mol. The summed E-state index contributed by atoms with van der Waals surface area (Å²) >= 11 is 0. The van der Waals surface area contributed by atoms with Crippen molar-refractivity contribution in [2.75, 3.05) is 11.1 Å². The molecule has 0 bridgehead atoms. The second kappa shape index (κ2) is 4.61. The van der Waals surface area contributed by atoms with E-state index in [0.717, 1.165) is 16.8 Å². The molecule has 1 aromatic carbocycles. The lowest BCUT2D eigenvalue weighted by Gasteiger charge is -2.01. The van der Waals surface area contributed by atoms with Crippen LogP contribution in [0.1, 0.15) is 11.3 Å². The second-order valence-electron chi connectivity index (χ2n) is 4.41. The molecule has 0 spiro atoms. The molecule has 3 rings (SSSR count). The number of hydrogen-bond donors (Lipinski definition) is 2. The van der Waals surface area contributed by atoms with Gasteiger partial charge in [0.1, 0.15) is 5.52 Å². The first-order valence-corrected chi connectivity index (χ1v) is 6.02. The largest absolute Gasteiger partial charge is 0.423 e. The molecule has 96 valence electrons. The molecule has 3 N–H and O–H groups in total. The number of rotatable bonds is 3. The van der Waals surface area contributed by atoms with Crippen LogP contribution in [-0.2, 0) is 6.54 Å². The molecular formula is C14H14N4O. The van der Waals surface area contributed by atoms with E-state index >= 15 is 0 Å². The van der Waals surface area contributed by atoms with Crippen molar-refractivity contribution in [2.24, 2.45) is 0 Å². The molecule has 2 heterocycles. The number of benzene rings is 1. The molecule has 0 aliphatic rings. The van der Waals surface area contributed by atoms with E-state index in [0.29, 0.717) is 23.8 Å². The number of aromatic nitrogens is 2. The first-order chi connectivity index (χ1) is 9.20. The molecule has 0 unspecified atom stereocenters. The average Bonchev–Trinajstić information content (AvgIpc) is 2.80. The van der Waals surface area contributed by atoms with Crippen LogP contribution < -0.4 is 11.1 Å². The molecule has 3 aromatic rings. The molecule has 2 aromatic heterocycles. The summed E-state index contributed by atoms with van der Waals surface area (Å²) in [5.41, 5.74) is 9.91. The normalized spacial score (nSPS) is 10.8. The Labute approximate surface area is 110 Å². The lowest BCUT2D eigenvalue weighted by Crippen LogP contribution is -2.00. The highest BCUT2D eigenvalue weighted by Crippen LogP contribution is 2.21. The summed E-state index contributed by atoms with van der Waals surface area (Å²) in [6.45, 7) is 2.58. The average molecular weight is 254 g/mol. The first kappa shape index (κ1) is 11.5. The molecule has 0 saturated carbocycles. The number of anilines is 2. The van der Waals surface area contributed by atoms with Crippen molar-refractivity contribution in [3.05, 3.63) is 47.8 Å². The van der Waals surface area contributed by atoms with Crippen molar-refractivity contribution in [1.82, 2.24) is 9.97 Å². The zero-order valence-electron chi connectivity index (χ0n) is 10.6. The maximum atomic E-state index is 5.70. The number of nitrogens with one attached hydrogen (secondary N) is 1. The van der Waals surface area contributed by atoms with Gasteiger partial charge in [0.2, 0.25) is 0 Å². The Bertz CT molecular complexity index is 703. The summed E-state index contributed by atoms with van der Waals surface area (Å²) in [6, 6.07) is 9.90. The Hall–Kier alpha value is -2.56. The van der Waals surface area contributed by atoms with Gasteiger partial charge >= 0.3 is 0 Å². The lowest BCUT2D eigenvalue weighted by atomic mass is 10.2. The number of nitrogens with zero attached hydrogens (tertiary/aromatic N) is 2. The van der Waals surface area contributed by atoms with Crippen LogP contribution in [0.25, 0.3) is 11.1 Å². The summed E-state index contributed by atoms with van der Waals surface area (Å²) < 4.78 is 5.57. The molecule has 0 aliphatic carbocycles. The molecule has 0 radical (unpaired) electrons. The topological polar surface area (TPSA) is 77.0 Å². The monoisotopic (exact) mass is 254 g/mol. The fraction of sp³-hybridized carbons (Fsp3) is 0.143. The lowest BCUT2D eigenvalue weighted by molar-refractivity contribution is 0.614. The summed E-state index contributed by atoms with van der Waals surface area (Å²) in [5.74, 6) is 0. The third-order valence-electron chi connectivity index (χ3n) is 2.83. The number of hydrogen-bond acceptors (Lipinski definition) is 5. The van der Waals surface area contributed by atoms with Gasteiger partial charge < -0.3 is 15.5 Å². The number of fused-ring (bicyclic) bond motifs is 1. The van der Waals surface area contributed by atoms with E-state index in [9.17, 15) is 0 Å². The van der Waals surface area contributed by atoms with Gasteiger partial charge in [-0.25, -0.2) is 0 Å². The van der Waals surface area contributed by atoms with E-state index in [1.165, 1.54) is 0 Å². The third-order valence-corrected chi connectivity index (χ3v) is 2.83. The van der Waals surface area contributed by atoms with Crippen molar-refractivity contribution in [3.8, 4) is 0 Å². The van der Waals surface area contributed by atoms with E-state index in [4.69, 9.17) is 10.2 Å². The van der Waals surface area contributed by atoms with Crippen LogP contribution in [0.3, 0.4) is 0 Å². The highest BCUT2D eigenvalue weighted by atomic mass is 16.4. The predicted octanol–water partition coefficient (Wildman–Crippen LogP) is 2.73. The summed E-state index contributed by atoms with van der Waals surface area (Å²) in [5, 5.41) is 3.13. The maximum absolute atomic E-state index is 5.70. The maximum Gasteiger partial charge on any atom is 0.295 e. The highest BCUT2D eigenvalue weighted by molar-refractivity contribution is 5.78. The number of aryl methyl sites for hydroxylation is 1.